The van der Waals surface area contributed by atoms with E-state index < -0.39 is 51.4 Å². The van der Waals surface area contributed by atoms with Crippen LogP contribution in [-0.4, -0.2) is 76.6 Å². The van der Waals surface area contributed by atoms with Crippen LogP contribution < -0.4 is 5.32 Å². The predicted molar refractivity (Wildman–Crippen MR) is 68.5 cm³/mol. The Balaban J connectivity index is 2.64. The molecule has 1 rings (SSSR count). The normalized spacial score (nSPS) is 34.4. The molecule has 1 saturated heterocycles. The minimum atomic E-state index is -3.07. The SMILES string of the molecule is CC(=O)NC1[C@H](OCCO[PH](=O)O)O[C@H](CO)[C@H](O)[C@@H]1O. The molecule has 1 heterocycles. The van der Waals surface area contributed by atoms with Crippen LogP contribution >= 0.6 is 8.25 Å². The molecule has 124 valence electrons. The van der Waals surface area contributed by atoms with Crippen molar-refractivity contribution in [1.82, 2.24) is 5.32 Å². The van der Waals surface area contributed by atoms with Crippen molar-refractivity contribution >= 4 is 14.2 Å². The van der Waals surface area contributed by atoms with E-state index in [1.165, 1.54) is 6.92 Å². The van der Waals surface area contributed by atoms with E-state index in [9.17, 15) is 19.6 Å². The van der Waals surface area contributed by atoms with Crippen LogP contribution in [-0.2, 0) is 23.4 Å². The largest absolute Gasteiger partial charge is 0.394 e. The summed E-state index contributed by atoms with van der Waals surface area (Å²) in [7, 11) is -3.07. The van der Waals surface area contributed by atoms with E-state index in [-0.39, 0.29) is 13.2 Å². The topological polar surface area (TPSA) is 155 Å². The van der Waals surface area contributed by atoms with Gasteiger partial charge in [-0.1, -0.05) is 0 Å². The first-order valence-corrected chi connectivity index (χ1v) is 7.50. The van der Waals surface area contributed by atoms with Gasteiger partial charge in [0.1, 0.15) is 24.4 Å². The Morgan fingerprint density at radius 1 is 1.33 bits per heavy atom. The molecular weight excluding hydrogens is 309 g/mol. The lowest BCUT2D eigenvalue weighted by atomic mass is 9.97. The molecule has 0 radical (unpaired) electrons. The fourth-order valence-electron chi connectivity index (χ4n) is 1.91. The number of carbonyl (C=O) groups is 1. The van der Waals surface area contributed by atoms with Gasteiger partial charge in [0.2, 0.25) is 5.91 Å². The molecule has 6 atom stereocenters. The fourth-order valence-corrected chi connectivity index (χ4v) is 2.16. The summed E-state index contributed by atoms with van der Waals surface area (Å²) in [6, 6.07) is -1.05. The maximum Gasteiger partial charge on any atom is 0.316 e. The average molecular weight is 329 g/mol. The summed E-state index contributed by atoms with van der Waals surface area (Å²) in [6.07, 6.45) is -5.01. The fraction of sp³-hybridized carbons (Fsp3) is 0.900. The maximum absolute atomic E-state index is 11.1. The van der Waals surface area contributed by atoms with E-state index in [1.54, 1.807) is 0 Å². The van der Waals surface area contributed by atoms with Gasteiger partial charge in [0.25, 0.3) is 0 Å². The van der Waals surface area contributed by atoms with Crippen LogP contribution in [0.3, 0.4) is 0 Å². The quantitative estimate of drug-likeness (QED) is 0.249. The third kappa shape index (κ3) is 5.61. The van der Waals surface area contributed by atoms with E-state index in [0.29, 0.717) is 0 Å². The molecule has 0 saturated carbocycles. The molecule has 11 heteroatoms. The van der Waals surface area contributed by atoms with Gasteiger partial charge in [-0.2, -0.15) is 0 Å². The second-order valence-electron chi connectivity index (χ2n) is 4.42. The van der Waals surface area contributed by atoms with Gasteiger partial charge in [-0.25, -0.2) is 0 Å². The zero-order valence-electron chi connectivity index (χ0n) is 11.3. The highest BCUT2D eigenvalue weighted by Gasteiger charge is 2.45. The monoisotopic (exact) mass is 329 g/mol. The minimum absolute atomic E-state index is 0.140. The molecule has 0 aromatic heterocycles. The van der Waals surface area contributed by atoms with Crippen LogP contribution in [0.4, 0.5) is 0 Å². The zero-order chi connectivity index (χ0) is 16.0. The Kier molecular flexibility index (Phi) is 7.71. The molecule has 0 spiro atoms. The summed E-state index contributed by atoms with van der Waals surface area (Å²) >= 11 is 0. The van der Waals surface area contributed by atoms with E-state index in [1.807, 2.05) is 0 Å². The van der Waals surface area contributed by atoms with Crippen LogP contribution in [0.25, 0.3) is 0 Å². The summed E-state index contributed by atoms with van der Waals surface area (Å²) in [5.41, 5.74) is 0. The summed E-state index contributed by atoms with van der Waals surface area (Å²) in [4.78, 5) is 19.6. The Bertz CT molecular complexity index is 368. The lowest BCUT2D eigenvalue weighted by molar-refractivity contribution is -0.271. The number of aliphatic hydroxyl groups is 3. The van der Waals surface area contributed by atoms with Crippen molar-refractivity contribution in [3.63, 3.8) is 0 Å². The van der Waals surface area contributed by atoms with Crippen molar-refractivity contribution in [3.05, 3.63) is 0 Å². The van der Waals surface area contributed by atoms with Crippen molar-refractivity contribution < 1.29 is 43.6 Å². The third-order valence-corrected chi connectivity index (χ3v) is 3.29. The molecule has 0 aromatic rings. The van der Waals surface area contributed by atoms with Gasteiger partial charge in [0.05, 0.1) is 19.8 Å². The van der Waals surface area contributed by atoms with Crippen LogP contribution in [0, 0.1) is 0 Å². The molecule has 2 unspecified atom stereocenters. The molecule has 10 nitrogen and oxygen atoms in total. The highest BCUT2D eigenvalue weighted by molar-refractivity contribution is 7.32. The highest BCUT2D eigenvalue weighted by Crippen LogP contribution is 2.22. The number of aliphatic hydroxyl groups excluding tert-OH is 3. The Labute approximate surface area is 121 Å². The first-order chi connectivity index (χ1) is 9.86. The predicted octanol–water partition coefficient (Wildman–Crippen LogP) is -2.65. The van der Waals surface area contributed by atoms with Gasteiger partial charge >= 0.3 is 8.25 Å². The number of ether oxygens (including phenoxy) is 2. The first kappa shape index (κ1) is 18.5. The Hall–Kier alpha value is -0.580. The van der Waals surface area contributed by atoms with Gasteiger partial charge in [0.15, 0.2) is 6.29 Å². The Morgan fingerprint density at radius 2 is 2.00 bits per heavy atom. The van der Waals surface area contributed by atoms with Crippen molar-refractivity contribution in [3.8, 4) is 0 Å². The number of amides is 1. The van der Waals surface area contributed by atoms with Crippen molar-refractivity contribution in [1.29, 1.82) is 0 Å². The van der Waals surface area contributed by atoms with Crippen LogP contribution in [0.15, 0.2) is 0 Å². The van der Waals surface area contributed by atoms with E-state index in [0.717, 1.165) is 0 Å². The van der Waals surface area contributed by atoms with Gasteiger partial charge in [-0.05, 0) is 0 Å². The highest BCUT2D eigenvalue weighted by atomic mass is 31.1. The number of carbonyl (C=O) groups excluding carboxylic acids is 1. The number of hydrogen-bond acceptors (Lipinski definition) is 8. The second-order valence-corrected chi connectivity index (χ2v) is 5.24. The molecule has 1 amide bonds. The van der Waals surface area contributed by atoms with Crippen LogP contribution in [0.2, 0.25) is 0 Å². The number of nitrogens with one attached hydrogen (secondary N) is 1. The van der Waals surface area contributed by atoms with Crippen molar-refractivity contribution in [2.75, 3.05) is 19.8 Å². The summed E-state index contributed by atoms with van der Waals surface area (Å²) in [5.74, 6) is -0.470. The van der Waals surface area contributed by atoms with E-state index in [4.69, 9.17) is 19.5 Å². The van der Waals surface area contributed by atoms with E-state index in [2.05, 4.69) is 9.84 Å². The Morgan fingerprint density at radius 3 is 2.52 bits per heavy atom. The molecule has 0 aliphatic carbocycles. The molecule has 5 N–H and O–H groups in total. The smallest absolute Gasteiger partial charge is 0.316 e. The van der Waals surface area contributed by atoms with Gasteiger partial charge in [-0.15, -0.1) is 0 Å². The van der Waals surface area contributed by atoms with E-state index >= 15 is 0 Å². The van der Waals surface area contributed by atoms with Crippen molar-refractivity contribution in [2.45, 2.75) is 37.6 Å². The summed E-state index contributed by atoms with van der Waals surface area (Å²) in [6.45, 7) is 0.336. The molecule has 1 aliphatic heterocycles. The molecular formula is C10H20NO9P. The standard InChI is InChI=1S/C10H20NO9P/c1-5(13)11-7-9(15)8(14)6(4-12)20-10(7)18-2-3-19-21(16)17/h6-10,12,14-15,21H,2-4H2,1H3,(H,11,13)(H,16,17)/t6-,7?,8+,9-,10-/m1/s1. The second kappa shape index (κ2) is 8.76. The average Bonchev–Trinajstić information content (AvgIpc) is 2.41. The molecule has 0 aromatic carbocycles. The third-order valence-electron chi connectivity index (χ3n) is 2.84. The van der Waals surface area contributed by atoms with Crippen LogP contribution in [0.5, 0.6) is 0 Å². The molecule has 1 fully saturated rings. The first-order valence-electron chi connectivity index (χ1n) is 6.23. The van der Waals surface area contributed by atoms with Gasteiger partial charge < -0.3 is 39.5 Å². The van der Waals surface area contributed by atoms with Gasteiger partial charge in [0, 0.05) is 6.92 Å². The molecule has 1 aliphatic rings. The van der Waals surface area contributed by atoms with Gasteiger partial charge in [-0.3, -0.25) is 9.36 Å². The summed E-state index contributed by atoms with van der Waals surface area (Å²) in [5, 5.41) is 31.2. The van der Waals surface area contributed by atoms with Crippen molar-refractivity contribution in [2.24, 2.45) is 0 Å². The minimum Gasteiger partial charge on any atom is -0.394 e. The lowest BCUT2D eigenvalue weighted by Crippen LogP contribution is -2.64. The lowest BCUT2D eigenvalue weighted by Gasteiger charge is -2.42. The van der Waals surface area contributed by atoms with Crippen LogP contribution in [0.1, 0.15) is 6.92 Å². The maximum atomic E-state index is 11.1. The number of rotatable bonds is 7. The zero-order valence-corrected chi connectivity index (χ0v) is 12.3. The molecule has 21 heavy (non-hydrogen) atoms. The molecule has 0 bridgehead atoms. The summed E-state index contributed by atoms with van der Waals surface area (Å²) < 4.78 is 25.3. The number of hydrogen-bond donors (Lipinski definition) is 5.